The smallest absolute Gasteiger partial charge is 0.128 e. The van der Waals surface area contributed by atoms with Gasteiger partial charge in [0.05, 0.1) is 6.54 Å². The Hall–Kier alpha value is -2.13. The predicted molar refractivity (Wildman–Crippen MR) is 94.2 cm³/mol. The maximum atomic E-state index is 14.0. The second-order valence-electron chi connectivity index (χ2n) is 6.00. The molecule has 0 aliphatic carbocycles. The average Bonchev–Trinajstić information content (AvgIpc) is 2.83. The van der Waals surface area contributed by atoms with E-state index in [1.165, 1.54) is 28.2 Å². The van der Waals surface area contributed by atoms with Gasteiger partial charge in [-0.2, -0.15) is 0 Å². The van der Waals surface area contributed by atoms with E-state index in [0.29, 0.717) is 6.54 Å². The number of aromatic nitrogens is 1. The van der Waals surface area contributed by atoms with Gasteiger partial charge in [0.15, 0.2) is 0 Å². The third-order valence-corrected chi connectivity index (χ3v) is 4.53. The average molecular weight is 310 g/mol. The van der Waals surface area contributed by atoms with Crippen LogP contribution in [0.2, 0.25) is 0 Å². The molecule has 3 rings (SSSR count). The van der Waals surface area contributed by atoms with Gasteiger partial charge in [0.2, 0.25) is 0 Å². The summed E-state index contributed by atoms with van der Waals surface area (Å²) in [5.41, 5.74) is 10.1. The van der Waals surface area contributed by atoms with Crippen LogP contribution >= 0.6 is 0 Å². The Morgan fingerprint density at radius 1 is 1.00 bits per heavy atom. The molecule has 0 aliphatic rings. The summed E-state index contributed by atoms with van der Waals surface area (Å²) < 4.78 is 16.3. The Morgan fingerprint density at radius 3 is 2.52 bits per heavy atom. The molecule has 2 nitrogen and oxygen atoms in total. The fraction of sp³-hybridized carbons (Fsp3) is 0.300. The molecule has 0 saturated carbocycles. The number of benzene rings is 2. The first-order chi connectivity index (χ1) is 11.2. The van der Waals surface area contributed by atoms with Crippen molar-refractivity contribution in [3.05, 3.63) is 71.2 Å². The summed E-state index contributed by atoms with van der Waals surface area (Å²) >= 11 is 0. The van der Waals surface area contributed by atoms with Crippen molar-refractivity contribution in [3.63, 3.8) is 0 Å². The third-order valence-electron chi connectivity index (χ3n) is 4.53. The molecule has 0 aliphatic heterocycles. The van der Waals surface area contributed by atoms with Gasteiger partial charge in [-0.25, -0.2) is 4.39 Å². The van der Waals surface area contributed by atoms with Crippen LogP contribution < -0.4 is 5.73 Å². The van der Waals surface area contributed by atoms with E-state index in [-0.39, 0.29) is 5.82 Å². The number of hydrogen-bond donors (Lipinski definition) is 1. The summed E-state index contributed by atoms with van der Waals surface area (Å²) in [7, 11) is 0. The van der Waals surface area contributed by atoms with Crippen molar-refractivity contribution in [3.8, 4) is 0 Å². The Labute approximate surface area is 136 Å². The van der Waals surface area contributed by atoms with Gasteiger partial charge in [0.25, 0.3) is 0 Å². The zero-order valence-electron chi connectivity index (χ0n) is 13.6. The summed E-state index contributed by atoms with van der Waals surface area (Å²) in [6.07, 6.45) is 3.14. The van der Waals surface area contributed by atoms with Crippen molar-refractivity contribution >= 4 is 10.9 Å². The molecule has 3 aromatic rings. The Bertz CT molecular complexity index is 805. The highest BCUT2D eigenvalue weighted by molar-refractivity contribution is 5.85. The SMILES string of the molecule is Cc1c(CCCCN)c2ccccc2n1Cc1ccccc1F. The number of fused-ring (bicyclic) bond motifs is 1. The fourth-order valence-electron chi connectivity index (χ4n) is 3.27. The summed E-state index contributed by atoms with van der Waals surface area (Å²) in [6.45, 7) is 3.43. The molecule has 0 spiro atoms. The number of hydrogen-bond acceptors (Lipinski definition) is 1. The zero-order valence-corrected chi connectivity index (χ0v) is 13.6. The summed E-state index contributed by atoms with van der Waals surface area (Å²) in [5, 5.41) is 1.28. The molecule has 120 valence electrons. The number of aryl methyl sites for hydroxylation is 1. The lowest BCUT2D eigenvalue weighted by molar-refractivity contribution is 0.600. The van der Waals surface area contributed by atoms with Crippen LogP contribution in [0.15, 0.2) is 48.5 Å². The minimum absolute atomic E-state index is 0.144. The topological polar surface area (TPSA) is 30.9 Å². The van der Waals surface area contributed by atoms with E-state index in [1.807, 2.05) is 18.2 Å². The standard InChI is InChI=1S/C20H23FN2/c1-15-17(9-6-7-13-22)18-10-3-5-12-20(18)23(15)14-16-8-2-4-11-19(16)21/h2-5,8,10-12H,6-7,9,13-14,22H2,1H3. The fourth-order valence-corrected chi connectivity index (χ4v) is 3.27. The van der Waals surface area contributed by atoms with Crippen LogP contribution in [0.5, 0.6) is 0 Å². The van der Waals surface area contributed by atoms with E-state index in [9.17, 15) is 4.39 Å². The maximum Gasteiger partial charge on any atom is 0.128 e. The molecule has 0 saturated heterocycles. The van der Waals surface area contributed by atoms with E-state index >= 15 is 0 Å². The van der Waals surface area contributed by atoms with Gasteiger partial charge in [-0.3, -0.25) is 0 Å². The van der Waals surface area contributed by atoms with Crippen LogP contribution in [-0.2, 0) is 13.0 Å². The molecule has 0 radical (unpaired) electrons. The Morgan fingerprint density at radius 2 is 1.74 bits per heavy atom. The van der Waals surface area contributed by atoms with Crippen LogP contribution in [0.4, 0.5) is 4.39 Å². The normalized spacial score (nSPS) is 11.3. The Kier molecular flexibility index (Phi) is 4.77. The van der Waals surface area contributed by atoms with Gasteiger partial charge >= 0.3 is 0 Å². The lowest BCUT2D eigenvalue weighted by atomic mass is 10.0. The monoisotopic (exact) mass is 310 g/mol. The minimum Gasteiger partial charge on any atom is -0.340 e. The number of rotatable bonds is 6. The molecule has 0 unspecified atom stereocenters. The predicted octanol–water partition coefficient (Wildman–Crippen LogP) is 4.42. The van der Waals surface area contributed by atoms with Crippen LogP contribution in [0.25, 0.3) is 10.9 Å². The zero-order chi connectivity index (χ0) is 16.2. The van der Waals surface area contributed by atoms with Crippen LogP contribution in [0, 0.1) is 12.7 Å². The largest absolute Gasteiger partial charge is 0.340 e. The van der Waals surface area contributed by atoms with Gasteiger partial charge in [0.1, 0.15) is 5.82 Å². The molecule has 1 aromatic heterocycles. The third kappa shape index (κ3) is 3.15. The molecule has 0 amide bonds. The first kappa shape index (κ1) is 15.8. The van der Waals surface area contributed by atoms with E-state index in [0.717, 1.165) is 31.4 Å². The molecule has 23 heavy (non-hydrogen) atoms. The van der Waals surface area contributed by atoms with Crippen molar-refractivity contribution in [2.45, 2.75) is 32.7 Å². The van der Waals surface area contributed by atoms with E-state index in [2.05, 4.69) is 29.7 Å². The molecule has 0 atom stereocenters. The molecule has 2 N–H and O–H groups in total. The number of nitrogens with two attached hydrogens (primary N) is 1. The molecular weight excluding hydrogens is 287 g/mol. The highest BCUT2D eigenvalue weighted by atomic mass is 19.1. The molecule has 0 bridgehead atoms. The second kappa shape index (κ2) is 6.97. The highest BCUT2D eigenvalue weighted by Crippen LogP contribution is 2.28. The highest BCUT2D eigenvalue weighted by Gasteiger charge is 2.14. The summed E-state index contributed by atoms with van der Waals surface area (Å²) in [6, 6.07) is 15.4. The van der Waals surface area contributed by atoms with Crippen molar-refractivity contribution in [2.75, 3.05) is 6.54 Å². The molecule has 1 heterocycles. The molecule has 2 aromatic carbocycles. The van der Waals surface area contributed by atoms with E-state index in [4.69, 9.17) is 5.73 Å². The van der Waals surface area contributed by atoms with Gasteiger partial charge in [0, 0.05) is 22.2 Å². The van der Waals surface area contributed by atoms with Crippen molar-refractivity contribution in [2.24, 2.45) is 5.73 Å². The van der Waals surface area contributed by atoms with E-state index in [1.54, 1.807) is 6.07 Å². The lowest BCUT2D eigenvalue weighted by Gasteiger charge is -2.10. The van der Waals surface area contributed by atoms with E-state index < -0.39 is 0 Å². The van der Waals surface area contributed by atoms with Crippen molar-refractivity contribution in [1.29, 1.82) is 0 Å². The summed E-state index contributed by atoms with van der Waals surface area (Å²) in [4.78, 5) is 0. The minimum atomic E-state index is -0.144. The molecule has 0 fully saturated rings. The van der Waals surface area contributed by atoms with Crippen LogP contribution in [0.1, 0.15) is 29.7 Å². The Balaban J connectivity index is 2.03. The number of unbranched alkanes of at least 4 members (excludes halogenated alkanes) is 1. The second-order valence-corrected chi connectivity index (χ2v) is 6.00. The number of halogens is 1. The van der Waals surface area contributed by atoms with Crippen LogP contribution in [0.3, 0.4) is 0 Å². The first-order valence-electron chi connectivity index (χ1n) is 8.22. The maximum absolute atomic E-state index is 14.0. The molecular formula is C20H23FN2. The molecule has 3 heteroatoms. The van der Waals surface area contributed by atoms with Gasteiger partial charge in [-0.15, -0.1) is 0 Å². The quantitative estimate of drug-likeness (QED) is 0.671. The first-order valence-corrected chi connectivity index (χ1v) is 8.22. The van der Waals surface area contributed by atoms with Crippen molar-refractivity contribution in [1.82, 2.24) is 4.57 Å². The number of para-hydroxylation sites is 1. The van der Waals surface area contributed by atoms with Gasteiger partial charge < -0.3 is 10.3 Å². The van der Waals surface area contributed by atoms with Gasteiger partial charge in [-0.05, 0) is 50.4 Å². The van der Waals surface area contributed by atoms with Crippen LogP contribution in [-0.4, -0.2) is 11.1 Å². The van der Waals surface area contributed by atoms with Crippen molar-refractivity contribution < 1.29 is 4.39 Å². The van der Waals surface area contributed by atoms with Gasteiger partial charge in [-0.1, -0.05) is 36.4 Å². The number of nitrogens with zero attached hydrogens (tertiary/aromatic N) is 1. The summed E-state index contributed by atoms with van der Waals surface area (Å²) in [5.74, 6) is -0.144. The lowest BCUT2D eigenvalue weighted by Crippen LogP contribution is -2.04.